The number of ether oxygens (including phenoxy) is 1. The lowest BCUT2D eigenvalue weighted by molar-refractivity contribution is 0.102. The number of nitrogens with zero attached hydrogens (tertiary/aromatic N) is 2. The van der Waals surface area contributed by atoms with E-state index in [0.29, 0.717) is 17.1 Å². The molecule has 5 heteroatoms. The number of anilines is 1. The molecule has 0 radical (unpaired) electrons. The van der Waals surface area contributed by atoms with Crippen molar-refractivity contribution in [3.63, 3.8) is 0 Å². The Kier molecular flexibility index (Phi) is 5.15. The Morgan fingerprint density at radius 2 is 1.93 bits per heavy atom. The van der Waals surface area contributed by atoms with Gasteiger partial charge in [0.1, 0.15) is 17.3 Å². The van der Waals surface area contributed by atoms with Crippen LogP contribution in [-0.4, -0.2) is 22.6 Å². The maximum Gasteiger partial charge on any atom is 0.276 e. The van der Waals surface area contributed by atoms with Crippen molar-refractivity contribution >= 4 is 11.6 Å². The maximum absolute atomic E-state index is 13.2. The summed E-state index contributed by atoms with van der Waals surface area (Å²) in [6.07, 6.45) is 4.22. The summed E-state index contributed by atoms with van der Waals surface area (Å²) in [6.45, 7) is 2.89. The summed E-state index contributed by atoms with van der Waals surface area (Å²) in [5.41, 5.74) is 4.32. The van der Waals surface area contributed by atoms with E-state index < -0.39 is 0 Å². The Morgan fingerprint density at radius 1 is 1.11 bits per heavy atom. The molecule has 0 unspecified atom stereocenters. The molecular formula is C23H25N3O2. The van der Waals surface area contributed by atoms with Crippen molar-refractivity contribution in [3.8, 4) is 17.1 Å². The van der Waals surface area contributed by atoms with Gasteiger partial charge < -0.3 is 14.6 Å². The minimum absolute atomic E-state index is 0.184. The monoisotopic (exact) mass is 375 g/mol. The molecule has 0 saturated heterocycles. The summed E-state index contributed by atoms with van der Waals surface area (Å²) >= 11 is 0. The zero-order chi connectivity index (χ0) is 19.5. The lowest BCUT2D eigenvalue weighted by Crippen LogP contribution is -2.16. The van der Waals surface area contributed by atoms with Crippen molar-refractivity contribution in [1.29, 1.82) is 0 Å². The number of hydrogen-bond donors (Lipinski definition) is 1. The first-order chi connectivity index (χ1) is 13.7. The van der Waals surface area contributed by atoms with Crippen molar-refractivity contribution in [3.05, 3.63) is 65.5 Å². The number of carbonyl (C=O) groups excluding carboxylic acids is 1. The molecule has 2 aromatic carbocycles. The Balaban J connectivity index is 1.74. The van der Waals surface area contributed by atoms with Crippen molar-refractivity contribution in [2.45, 2.75) is 39.2 Å². The van der Waals surface area contributed by atoms with E-state index in [2.05, 4.69) is 9.88 Å². The molecule has 0 aliphatic carbocycles. The van der Waals surface area contributed by atoms with Crippen LogP contribution in [0, 0.1) is 6.92 Å². The molecule has 5 nitrogen and oxygen atoms in total. The van der Waals surface area contributed by atoms with Gasteiger partial charge in [-0.3, -0.25) is 4.79 Å². The van der Waals surface area contributed by atoms with Gasteiger partial charge in [-0.2, -0.15) is 0 Å². The molecule has 1 amide bonds. The van der Waals surface area contributed by atoms with Gasteiger partial charge >= 0.3 is 0 Å². The highest BCUT2D eigenvalue weighted by Gasteiger charge is 2.24. The van der Waals surface area contributed by atoms with Gasteiger partial charge in [0.15, 0.2) is 0 Å². The fourth-order valence-corrected chi connectivity index (χ4v) is 3.81. The number of benzene rings is 2. The molecule has 144 valence electrons. The molecule has 1 aliphatic rings. The highest BCUT2D eigenvalue weighted by atomic mass is 16.5. The van der Waals surface area contributed by atoms with E-state index in [9.17, 15) is 4.79 Å². The normalized spacial score (nSPS) is 13.5. The molecule has 0 spiro atoms. The summed E-state index contributed by atoms with van der Waals surface area (Å²) in [7, 11) is 1.61. The smallest absolute Gasteiger partial charge is 0.276 e. The molecule has 3 aromatic rings. The van der Waals surface area contributed by atoms with Gasteiger partial charge in [0, 0.05) is 12.1 Å². The molecule has 0 saturated carbocycles. The van der Waals surface area contributed by atoms with E-state index in [-0.39, 0.29) is 5.91 Å². The third-order valence-electron chi connectivity index (χ3n) is 5.22. The molecule has 28 heavy (non-hydrogen) atoms. The zero-order valence-corrected chi connectivity index (χ0v) is 16.4. The van der Waals surface area contributed by atoms with Crippen LogP contribution >= 0.6 is 0 Å². The fraction of sp³-hybridized carbons (Fsp3) is 0.304. The number of carbonyl (C=O) groups is 1. The number of amides is 1. The molecule has 1 N–H and O–H groups in total. The minimum atomic E-state index is -0.184. The van der Waals surface area contributed by atoms with E-state index in [4.69, 9.17) is 9.72 Å². The molecule has 0 bridgehead atoms. The molecule has 4 rings (SSSR count). The Hall–Kier alpha value is -3.08. The van der Waals surface area contributed by atoms with E-state index in [1.807, 2.05) is 55.5 Å². The number of hydrogen-bond acceptors (Lipinski definition) is 3. The van der Waals surface area contributed by atoms with Crippen molar-refractivity contribution in [2.24, 2.45) is 0 Å². The average molecular weight is 375 g/mol. The second-order valence-electron chi connectivity index (χ2n) is 7.22. The number of rotatable bonds is 4. The topological polar surface area (TPSA) is 56.1 Å². The summed E-state index contributed by atoms with van der Waals surface area (Å²) in [5.74, 6) is 1.34. The highest BCUT2D eigenvalue weighted by molar-refractivity contribution is 6.05. The number of fused-ring (bicyclic) bond motifs is 1. The second-order valence-corrected chi connectivity index (χ2v) is 7.22. The maximum atomic E-state index is 13.2. The van der Waals surface area contributed by atoms with Crippen LogP contribution < -0.4 is 10.1 Å². The largest absolute Gasteiger partial charge is 0.495 e. The Morgan fingerprint density at radius 3 is 2.71 bits per heavy atom. The Bertz CT molecular complexity index is 993. The predicted molar refractivity (Wildman–Crippen MR) is 111 cm³/mol. The van der Waals surface area contributed by atoms with Gasteiger partial charge in [-0.1, -0.05) is 42.8 Å². The molecule has 0 fully saturated rings. The van der Waals surface area contributed by atoms with Crippen molar-refractivity contribution in [2.75, 3.05) is 12.4 Å². The fourth-order valence-electron chi connectivity index (χ4n) is 3.81. The predicted octanol–water partition coefficient (Wildman–Crippen LogP) is 4.85. The third-order valence-corrected chi connectivity index (χ3v) is 5.22. The standard InChI is InChI=1S/C23H25N3O2/c1-16-12-13-20(28-2)18(15-16)24-23(27)21-19-11-7-4-8-14-26(19)22(25-21)17-9-5-3-6-10-17/h3,5-6,9-10,12-13,15H,4,7-8,11,14H2,1-2H3,(H,24,27). The lowest BCUT2D eigenvalue weighted by Gasteiger charge is -2.11. The van der Waals surface area contributed by atoms with Crippen LogP contribution in [0.2, 0.25) is 0 Å². The number of aromatic nitrogens is 2. The van der Waals surface area contributed by atoms with Crippen LogP contribution in [0.5, 0.6) is 5.75 Å². The third kappa shape index (κ3) is 3.52. The van der Waals surface area contributed by atoms with Gasteiger partial charge in [0.2, 0.25) is 0 Å². The van der Waals surface area contributed by atoms with E-state index in [1.54, 1.807) is 7.11 Å². The molecule has 1 aliphatic heterocycles. The highest BCUT2D eigenvalue weighted by Crippen LogP contribution is 2.29. The van der Waals surface area contributed by atoms with Gasteiger partial charge in [0.25, 0.3) is 5.91 Å². The van der Waals surface area contributed by atoms with Gasteiger partial charge in [0.05, 0.1) is 18.5 Å². The van der Waals surface area contributed by atoms with E-state index in [1.165, 1.54) is 6.42 Å². The van der Waals surface area contributed by atoms with Crippen molar-refractivity contribution in [1.82, 2.24) is 9.55 Å². The molecule has 0 atom stereocenters. The molecule has 1 aromatic heterocycles. The van der Waals surface area contributed by atoms with Crippen LogP contribution in [0.25, 0.3) is 11.4 Å². The summed E-state index contributed by atoms with van der Waals surface area (Å²) in [5, 5.41) is 3.01. The number of methoxy groups -OCH3 is 1. The van der Waals surface area contributed by atoms with E-state index in [0.717, 1.165) is 48.5 Å². The van der Waals surface area contributed by atoms with E-state index >= 15 is 0 Å². The van der Waals surface area contributed by atoms with Crippen LogP contribution in [0.15, 0.2) is 48.5 Å². The van der Waals surface area contributed by atoms with Crippen LogP contribution in [0.1, 0.15) is 41.0 Å². The molecular weight excluding hydrogens is 350 g/mol. The summed E-state index contributed by atoms with van der Waals surface area (Å²) < 4.78 is 7.63. The summed E-state index contributed by atoms with van der Waals surface area (Å²) in [4.78, 5) is 18.0. The average Bonchev–Trinajstić information content (AvgIpc) is 2.90. The SMILES string of the molecule is COc1ccc(C)cc1NC(=O)c1nc(-c2ccccc2)n2c1CCCCC2. The number of imidazole rings is 1. The van der Waals surface area contributed by atoms with Gasteiger partial charge in [-0.15, -0.1) is 0 Å². The first kappa shape index (κ1) is 18.3. The van der Waals surface area contributed by atoms with Crippen LogP contribution in [0.4, 0.5) is 5.69 Å². The second kappa shape index (κ2) is 7.89. The lowest BCUT2D eigenvalue weighted by atomic mass is 10.1. The number of aryl methyl sites for hydroxylation is 1. The first-order valence-electron chi connectivity index (χ1n) is 9.78. The quantitative estimate of drug-likeness (QED) is 0.709. The van der Waals surface area contributed by atoms with Crippen molar-refractivity contribution < 1.29 is 9.53 Å². The summed E-state index contributed by atoms with van der Waals surface area (Å²) in [6, 6.07) is 15.9. The minimum Gasteiger partial charge on any atom is -0.495 e. The molecule has 2 heterocycles. The number of nitrogens with one attached hydrogen (secondary N) is 1. The van der Waals surface area contributed by atoms with Crippen LogP contribution in [-0.2, 0) is 13.0 Å². The van der Waals surface area contributed by atoms with Crippen LogP contribution in [0.3, 0.4) is 0 Å². The zero-order valence-electron chi connectivity index (χ0n) is 16.4. The first-order valence-corrected chi connectivity index (χ1v) is 9.78. The van der Waals surface area contributed by atoms with Gasteiger partial charge in [-0.25, -0.2) is 4.98 Å². The van der Waals surface area contributed by atoms with Gasteiger partial charge in [-0.05, 0) is 43.9 Å². The Labute approximate surface area is 165 Å².